The smallest absolute Gasteiger partial charge is 0.374 e. The molecular weight excluding hydrogens is 606 g/mol. The minimum atomic E-state index is -5.00. The number of oxime groups is 1. The van der Waals surface area contributed by atoms with Crippen molar-refractivity contribution in [1.29, 1.82) is 0 Å². The first kappa shape index (κ1) is 30.6. The summed E-state index contributed by atoms with van der Waals surface area (Å²) < 4.78 is 95.7. The van der Waals surface area contributed by atoms with Crippen LogP contribution in [0.25, 0.3) is 0 Å². The van der Waals surface area contributed by atoms with Crippen molar-refractivity contribution < 1.29 is 40.4 Å². The predicted octanol–water partition coefficient (Wildman–Crippen LogP) is 6.92. The van der Waals surface area contributed by atoms with E-state index in [1.807, 2.05) is 0 Å². The number of hydrogen-bond donors (Lipinski definition) is 0. The Morgan fingerprint density at radius 2 is 1.76 bits per heavy atom. The first-order valence-electron chi connectivity index (χ1n) is 11.8. The third-order valence-corrected chi connectivity index (χ3v) is 7.05. The van der Waals surface area contributed by atoms with Crippen LogP contribution in [0.3, 0.4) is 0 Å². The molecule has 2 heterocycles. The SMILES string of the molecule is Cc1cc(C2=NOC(c3cc(Cl)c(F)c(Cl)c3)(C(F)(F)F)C2)ccc1C(=O)N(C)c1nc(CCC(F)(F)F)n(C)n1. The van der Waals surface area contributed by atoms with Crippen LogP contribution in [0.2, 0.25) is 10.0 Å². The summed E-state index contributed by atoms with van der Waals surface area (Å²) in [5.41, 5.74) is -2.91. The maximum absolute atomic E-state index is 14.3. The number of anilines is 1. The zero-order chi connectivity index (χ0) is 30.5. The molecule has 2 aromatic carbocycles. The molecule has 1 amide bonds. The van der Waals surface area contributed by atoms with E-state index in [-0.39, 0.29) is 28.6 Å². The van der Waals surface area contributed by atoms with Gasteiger partial charge < -0.3 is 4.84 Å². The zero-order valence-electron chi connectivity index (χ0n) is 21.5. The molecule has 0 fully saturated rings. The molecule has 7 nitrogen and oxygen atoms in total. The molecule has 4 rings (SSSR count). The van der Waals surface area contributed by atoms with Crippen molar-refractivity contribution in [1.82, 2.24) is 14.8 Å². The summed E-state index contributed by atoms with van der Waals surface area (Å²) in [4.78, 5) is 23.2. The fourth-order valence-corrected chi connectivity index (χ4v) is 4.70. The van der Waals surface area contributed by atoms with Gasteiger partial charge in [-0.1, -0.05) is 34.4 Å². The van der Waals surface area contributed by atoms with Crippen molar-refractivity contribution in [3.05, 3.63) is 74.3 Å². The van der Waals surface area contributed by atoms with E-state index in [0.717, 1.165) is 21.7 Å². The van der Waals surface area contributed by atoms with Crippen LogP contribution >= 0.6 is 23.2 Å². The van der Waals surface area contributed by atoms with Crippen LogP contribution in [-0.4, -0.2) is 45.8 Å². The van der Waals surface area contributed by atoms with Crippen molar-refractivity contribution in [3.63, 3.8) is 0 Å². The van der Waals surface area contributed by atoms with Crippen LogP contribution in [0.1, 0.15) is 45.7 Å². The molecular formula is C25H20Cl2F7N5O2. The number of amides is 1. The Kier molecular flexibility index (Phi) is 8.04. The number of halogens is 9. The number of aryl methyl sites for hydroxylation is 3. The van der Waals surface area contributed by atoms with Gasteiger partial charge in [0.05, 0.1) is 22.2 Å². The van der Waals surface area contributed by atoms with Gasteiger partial charge in [0, 0.05) is 38.1 Å². The highest BCUT2D eigenvalue weighted by Gasteiger charge is 2.62. The average Bonchev–Trinajstić information content (AvgIpc) is 3.49. The summed E-state index contributed by atoms with van der Waals surface area (Å²) in [5, 5.41) is 6.42. The maximum atomic E-state index is 14.3. The van der Waals surface area contributed by atoms with E-state index in [0.29, 0.717) is 5.56 Å². The summed E-state index contributed by atoms with van der Waals surface area (Å²) >= 11 is 11.5. The number of hydrogen-bond acceptors (Lipinski definition) is 5. The van der Waals surface area contributed by atoms with E-state index >= 15 is 0 Å². The Hall–Kier alpha value is -3.39. The molecule has 0 bridgehead atoms. The second kappa shape index (κ2) is 10.8. The molecule has 220 valence electrons. The van der Waals surface area contributed by atoms with Gasteiger partial charge in [-0.3, -0.25) is 14.4 Å². The van der Waals surface area contributed by atoms with Gasteiger partial charge in [0.15, 0.2) is 5.82 Å². The number of alkyl halides is 6. The Balaban J connectivity index is 1.57. The molecule has 0 N–H and O–H groups in total. The molecule has 0 aliphatic carbocycles. The zero-order valence-corrected chi connectivity index (χ0v) is 23.0. The molecule has 1 aromatic heterocycles. The first-order valence-corrected chi connectivity index (χ1v) is 12.5. The summed E-state index contributed by atoms with van der Waals surface area (Å²) in [6.45, 7) is 1.54. The second-order valence-electron chi connectivity index (χ2n) is 9.35. The fourth-order valence-electron chi connectivity index (χ4n) is 4.22. The fraction of sp³-hybridized carbons (Fsp3) is 0.360. The van der Waals surface area contributed by atoms with E-state index in [2.05, 4.69) is 15.2 Å². The van der Waals surface area contributed by atoms with E-state index < -0.39 is 64.5 Å². The quantitative estimate of drug-likeness (QED) is 0.220. The number of benzene rings is 2. The van der Waals surface area contributed by atoms with Gasteiger partial charge in [-0.05, 0) is 42.3 Å². The van der Waals surface area contributed by atoms with E-state index in [1.165, 1.54) is 39.2 Å². The van der Waals surface area contributed by atoms with Gasteiger partial charge >= 0.3 is 12.4 Å². The standard InChI is InChI=1S/C25H20Cl2F7N5O2/c1-12-8-13(18-11-23(41-37-18,25(32,33)34)14-9-16(26)20(28)17(27)10-14)4-5-15(12)21(40)38(2)22-35-19(39(3)36-22)6-7-24(29,30)31/h4-5,8-10H,6-7,11H2,1-3H3. The second-order valence-corrected chi connectivity index (χ2v) is 10.2. The third-order valence-electron chi connectivity index (χ3n) is 6.50. The lowest BCUT2D eigenvalue weighted by molar-refractivity contribution is -0.275. The monoisotopic (exact) mass is 625 g/mol. The van der Waals surface area contributed by atoms with Crippen LogP contribution in [0.15, 0.2) is 35.5 Å². The van der Waals surface area contributed by atoms with E-state index in [9.17, 15) is 35.5 Å². The van der Waals surface area contributed by atoms with E-state index in [1.54, 1.807) is 0 Å². The topological polar surface area (TPSA) is 72.6 Å². The molecule has 3 aromatic rings. The number of carbonyl (C=O) groups is 1. The van der Waals surface area contributed by atoms with Crippen LogP contribution in [0, 0.1) is 12.7 Å². The molecule has 41 heavy (non-hydrogen) atoms. The number of aromatic nitrogens is 3. The lowest BCUT2D eigenvalue weighted by atomic mass is 9.86. The Labute approximate surface area is 238 Å². The minimum absolute atomic E-state index is 0.0279. The van der Waals surface area contributed by atoms with Crippen molar-refractivity contribution >= 4 is 40.8 Å². The molecule has 1 aliphatic rings. The van der Waals surface area contributed by atoms with Gasteiger partial charge in [-0.15, -0.1) is 5.10 Å². The van der Waals surface area contributed by atoms with Crippen molar-refractivity contribution in [2.24, 2.45) is 12.2 Å². The van der Waals surface area contributed by atoms with Gasteiger partial charge in [0.1, 0.15) is 5.82 Å². The first-order chi connectivity index (χ1) is 18.9. The van der Waals surface area contributed by atoms with Crippen molar-refractivity contribution in [3.8, 4) is 0 Å². The summed E-state index contributed by atoms with van der Waals surface area (Å²) in [6.07, 6.45) is -11.7. The van der Waals surface area contributed by atoms with Crippen molar-refractivity contribution in [2.45, 2.75) is 44.1 Å². The largest absolute Gasteiger partial charge is 0.435 e. The predicted molar refractivity (Wildman–Crippen MR) is 136 cm³/mol. The summed E-state index contributed by atoms with van der Waals surface area (Å²) in [6, 6.07) is 5.71. The molecule has 0 saturated carbocycles. The molecule has 0 radical (unpaired) electrons. The molecule has 1 atom stereocenters. The molecule has 1 aliphatic heterocycles. The van der Waals surface area contributed by atoms with Gasteiger partial charge in [-0.2, -0.15) is 31.3 Å². The molecule has 1 unspecified atom stereocenters. The molecule has 0 spiro atoms. The van der Waals surface area contributed by atoms with Crippen LogP contribution in [0.4, 0.5) is 36.7 Å². The highest BCUT2D eigenvalue weighted by Crippen LogP contribution is 2.50. The summed E-state index contributed by atoms with van der Waals surface area (Å²) in [5.74, 6) is -1.78. The van der Waals surface area contributed by atoms with Gasteiger partial charge in [-0.25, -0.2) is 4.39 Å². The normalized spacial score (nSPS) is 17.4. The molecule has 16 heteroatoms. The maximum Gasteiger partial charge on any atom is 0.435 e. The molecule has 0 saturated heterocycles. The van der Waals surface area contributed by atoms with Gasteiger partial charge in [0.25, 0.3) is 17.5 Å². The Morgan fingerprint density at radius 1 is 1.12 bits per heavy atom. The highest BCUT2D eigenvalue weighted by molar-refractivity contribution is 6.35. The minimum Gasteiger partial charge on any atom is -0.374 e. The summed E-state index contributed by atoms with van der Waals surface area (Å²) in [7, 11) is 2.74. The van der Waals surface area contributed by atoms with Crippen LogP contribution in [0.5, 0.6) is 0 Å². The van der Waals surface area contributed by atoms with Crippen LogP contribution in [-0.2, 0) is 23.9 Å². The van der Waals surface area contributed by atoms with Crippen molar-refractivity contribution in [2.75, 3.05) is 11.9 Å². The van der Waals surface area contributed by atoms with Gasteiger partial charge in [0.2, 0.25) is 0 Å². The highest BCUT2D eigenvalue weighted by atomic mass is 35.5. The number of rotatable bonds is 6. The lowest BCUT2D eigenvalue weighted by Crippen LogP contribution is -2.42. The number of carbonyl (C=O) groups excluding carboxylic acids is 1. The third kappa shape index (κ3) is 5.98. The Bertz CT molecular complexity index is 1510. The van der Waals surface area contributed by atoms with E-state index in [4.69, 9.17) is 28.0 Å². The Morgan fingerprint density at radius 3 is 2.32 bits per heavy atom. The average molecular weight is 626 g/mol. The van der Waals surface area contributed by atoms with Crippen LogP contribution < -0.4 is 4.90 Å². The number of nitrogens with zero attached hydrogens (tertiary/aromatic N) is 5. The lowest BCUT2D eigenvalue weighted by Gasteiger charge is -2.29.